The molecule has 1 fully saturated rings. The van der Waals surface area contributed by atoms with Gasteiger partial charge in [-0.3, -0.25) is 14.7 Å². The predicted molar refractivity (Wildman–Crippen MR) is 108 cm³/mol. The Morgan fingerprint density at radius 2 is 2.15 bits per heavy atom. The molecule has 1 saturated heterocycles. The zero-order valence-electron chi connectivity index (χ0n) is 15.6. The van der Waals surface area contributed by atoms with E-state index in [1.807, 2.05) is 42.5 Å². The summed E-state index contributed by atoms with van der Waals surface area (Å²) in [4.78, 5) is 24.4. The Kier molecular flexibility index (Phi) is 5.12. The van der Waals surface area contributed by atoms with E-state index in [1.165, 1.54) is 6.42 Å². The van der Waals surface area contributed by atoms with Gasteiger partial charge in [-0.05, 0) is 50.2 Å². The van der Waals surface area contributed by atoms with Gasteiger partial charge in [-0.15, -0.1) is 0 Å². The quantitative estimate of drug-likeness (QED) is 0.756. The topological polar surface area (TPSA) is 58.1 Å². The van der Waals surface area contributed by atoms with Crippen LogP contribution in [0, 0.1) is 0 Å². The Morgan fingerprint density at radius 1 is 1.26 bits per heavy atom. The maximum absolute atomic E-state index is 13.0. The molecule has 1 N–H and O–H groups in total. The highest BCUT2D eigenvalue weighted by Gasteiger charge is 2.24. The molecule has 0 bridgehead atoms. The molecule has 1 atom stereocenters. The Labute approximate surface area is 159 Å². The fourth-order valence-electron chi connectivity index (χ4n) is 3.87. The van der Waals surface area contributed by atoms with E-state index in [0.717, 1.165) is 41.7 Å². The molecule has 2 aromatic heterocycles. The molecular weight excluding hydrogens is 336 g/mol. The minimum atomic E-state index is -0.0401. The van der Waals surface area contributed by atoms with Crippen LogP contribution in [0.2, 0.25) is 0 Å². The highest BCUT2D eigenvalue weighted by atomic mass is 16.1. The summed E-state index contributed by atoms with van der Waals surface area (Å²) in [6.45, 7) is 5.02. The number of para-hydroxylation sites is 1. The van der Waals surface area contributed by atoms with E-state index in [2.05, 4.69) is 22.1 Å². The molecule has 3 heterocycles. The normalized spacial score (nSPS) is 17.3. The molecule has 1 unspecified atom stereocenters. The van der Waals surface area contributed by atoms with Crippen LogP contribution in [0.25, 0.3) is 22.2 Å². The number of nitrogens with one attached hydrogen (secondary N) is 1. The first-order chi connectivity index (χ1) is 13.3. The lowest BCUT2D eigenvalue weighted by molar-refractivity contribution is 0.0943. The van der Waals surface area contributed by atoms with E-state index < -0.39 is 0 Å². The maximum atomic E-state index is 13.0. The number of fused-ring (bicyclic) bond motifs is 1. The number of aromatic nitrogens is 2. The van der Waals surface area contributed by atoms with E-state index in [-0.39, 0.29) is 5.91 Å². The van der Waals surface area contributed by atoms with Crippen LogP contribution in [-0.4, -0.2) is 46.5 Å². The van der Waals surface area contributed by atoms with Crippen LogP contribution in [-0.2, 0) is 0 Å². The van der Waals surface area contributed by atoms with Gasteiger partial charge in [-0.25, -0.2) is 4.98 Å². The van der Waals surface area contributed by atoms with Crippen molar-refractivity contribution in [3.05, 3.63) is 60.4 Å². The van der Waals surface area contributed by atoms with Gasteiger partial charge < -0.3 is 5.32 Å². The number of carbonyl (C=O) groups is 1. The summed E-state index contributed by atoms with van der Waals surface area (Å²) in [6.07, 6.45) is 5.86. The number of hydrogen-bond donors (Lipinski definition) is 1. The fraction of sp³-hybridized carbons (Fsp3) is 0.318. The lowest BCUT2D eigenvalue weighted by Gasteiger charge is -2.23. The van der Waals surface area contributed by atoms with Crippen molar-refractivity contribution in [1.29, 1.82) is 0 Å². The summed E-state index contributed by atoms with van der Waals surface area (Å²) in [5.74, 6) is -0.0401. The van der Waals surface area contributed by atoms with Crippen molar-refractivity contribution in [1.82, 2.24) is 20.2 Å². The van der Waals surface area contributed by atoms with Gasteiger partial charge in [0.15, 0.2) is 0 Å². The number of benzene rings is 1. The number of nitrogens with zero attached hydrogens (tertiary/aromatic N) is 3. The smallest absolute Gasteiger partial charge is 0.252 e. The number of likely N-dealkylation sites (N-methyl/N-ethyl adjacent to an activating group) is 1. The molecular formula is C22H24N4O. The van der Waals surface area contributed by atoms with Crippen LogP contribution >= 0.6 is 0 Å². The summed E-state index contributed by atoms with van der Waals surface area (Å²) >= 11 is 0. The Balaban J connectivity index is 1.64. The molecule has 27 heavy (non-hydrogen) atoms. The number of carbonyl (C=O) groups excluding carboxylic acids is 1. The van der Waals surface area contributed by atoms with Crippen molar-refractivity contribution in [3.63, 3.8) is 0 Å². The van der Waals surface area contributed by atoms with Crippen LogP contribution < -0.4 is 5.32 Å². The Morgan fingerprint density at radius 3 is 2.96 bits per heavy atom. The van der Waals surface area contributed by atoms with Gasteiger partial charge in [-0.2, -0.15) is 0 Å². The third-order valence-electron chi connectivity index (χ3n) is 5.32. The second kappa shape index (κ2) is 7.84. The van der Waals surface area contributed by atoms with Crippen molar-refractivity contribution < 1.29 is 4.79 Å². The second-order valence-electron chi connectivity index (χ2n) is 6.95. The second-order valence-corrected chi connectivity index (χ2v) is 6.95. The van der Waals surface area contributed by atoms with Crippen LogP contribution in [0.15, 0.2) is 54.9 Å². The number of amides is 1. The first kappa shape index (κ1) is 17.6. The first-order valence-electron chi connectivity index (χ1n) is 9.58. The van der Waals surface area contributed by atoms with Crippen molar-refractivity contribution in [2.24, 2.45) is 0 Å². The van der Waals surface area contributed by atoms with E-state index >= 15 is 0 Å². The monoisotopic (exact) mass is 360 g/mol. The average Bonchev–Trinajstić information content (AvgIpc) is 3.19. The van der Waals surface area contributed by atoms with Gasteiger partial charge >= 0.3 is 0 Å². The summed E-state index contributed by atoms with van der Waals surface area (Å²) in [5, 5.41) is 4.03. The van der Waals surface area contributed by atoms with E-state index in [9.17, 15) is 4.79 Å². The number of likely N-dealkylation sites (tertiary alicyclic amines) is 1. The summed E-state index contributed by atoms with van der Waals surface area (Å²) in [5.41, 5.74) is 3.16. The van der Waals surface area contributed by atoms with Crippen molar-refractivity contribution in [3.8, 4) is 11.3 Å². The van der Waals surface area contributed by atoms with Crippen molar-refractivity contribution in [2.75, 3.05) is 19.6 Å². The van der Waals surface area contributed by atoms with Gasteiger partial charge in [-0.1, -0.05) is 25.1 Å². The lowest BCUT2D eigenvalue weighted by Crippen LogP contribution is -2.40. The van der Waals surface area contributed by atoms with E-state index in [4.69, 9.17) is 4.98 Å². The average molecular weight is 360 g/mol. The third kappa shape index (κ3) is 3.69. The van der Waals surface area contributed by atoms with E-state index in [0.29, 0.717) is 18.2 Å². The molecule has 1 aliphatic heterocycles. The third-order valence-corrected chi connectivity index (χ3v) is 5.32. The number of pyridine rings is 2. The lowest BCUT2D eigenvalue weighted by atomic mass is 10.0. The molecule has 3 aromatic rings. The minimum Gasteiger partial charge on any atom is -0.350 e. The van der Waals surface area contributed by atoms with Crippen LogP contribution in [0.5, 0.6) is 0 Å². The van der Waals surface area contributed by atoms with Crippen molar-refractivity contribution >= 4 is 16.8 Å². The standard InChI is InChI=1S/C22H24N4O/c1-2-26-12-6-8-17(26)15-24-22(27)19-13-21(16-7-5-11-23-14-16)25-20-10-4-3-9-18(19)20/h3-5,7,9-11,13-14,17H,2,6,8,12,15H2,1H3,(H,24,27). The summed E-state index contributed by atoms with van der Waals surface area (Å²) < 4.78 is 0. The van der Waals surface area contributed by atoms with Gasteiger partial charge in [0.1, 0.15) is 0 Å². The number of rotatable bonds is 5. The SMILES string of the molecule is CCN1CCCC1CNC(=O)c1cc(-c2cccnc2)nc2ccccc12. The van der Waals surface area contributed by atoms with E-state index in [1.54, 1.807) is 12.4 Å². The van der Waals surface area contributed by atoms with Crippen molar-refractivity contribution in [2.45, 2.75) is 25.8 Å². The van der Waals surface area contributed by atoms with Gasteiger partial charge in [0, 0.05) is 35.9 Å². The minimum absolute atomic E-state index is 0.0401. The molecule has 0 saturated carbocycles. The molecule has 1 aromatic carbocycles. The fourth-order valence-corrected chi connectivity index (χ4v) is 3.87. The predicted octanol–water partition coefficient (Wildman–Crippen LogP) is 3.51. The molecule has 1 aliphatic rings. The van der Waals surface area contributed by atoms with Gasteiger partial charge in [0.25, 0.3) is 5.91 Å². The van der Waals surface area contributed by atoms with Crippen LogP contribution in [0.1, 0.15) is 30.1 Å². The zero-order chi connectivity index (χ0) is 18.6. The molecule has 0 radical (unpaired) electrons. The van der Waals surface area contributed by atoms with Gasteiger partial charge in [0.2, 0.25) is 0 Å². The highest BCUT2D eigenvalue weighted by Crippen LogP contribution is 2.24. The maximum Gasteiger partial charge on any atom is 0.252 e. The summed E-state index contributed by atoms with van der Waals surface area (Å²) in [7, 11) is 0. The molecule has 138 valence electrons. The Bertz CT molecular complexity index is 941. The largest absolute Gasteiger partial charge is 0.350 e. The highest BCUT2D eigenvalue weighted by molar-refractivity contribution is 6.07. The first-order valence-corrected chi connectivity index (χ1v) is 9.58. The molecule has 5 nitrogen and oxygen atoms in total. The van der Waals surface area contributed by atoms with Gasteiger partial charge in [0.05, 0.1) is 16.8 Å². The summed E-state index contributed by atoms with van der Waals surface area (Å²) in [6, 6.07) is 13.9. The molecule has 0 aliphatic carbocycles. The molecule has 4 rings (SSSR count). The van der Waals surface area contributed by atoms with Crippen LogP contribution in [0.4, 0.5) is 0 Å². The van der Waals surface area contributed by atoms with Crippen LogP contribution in [0.3, 0.4) is 0 Å². The molecule has 5 heteroatoms. The Hall–Kier alpha value is -2.79. The molecule has 0 spiro atoms. The number of hydrogen-bond acceptors (Lipinski definition) is 4. The molecule has 1 amide bonds. The zero-order valence-corrected chi connectivity index (χ0v) is 15.6.